The monoisotopic (exact) mass is 496 g/mol. The topological polar surface area (TPSA) is 94.2 Å². The number of hydrogen-bond acceptors (Lipinski definition) is 6. The molecule has 1 amide bonds. The molecule has 0 aromatic heterocycles. The number of para-hydroxylation sites is 2. The zero-order valence-electron chi connectivity index (χ0n) is 19.8. The second-order valence-electron chi connectivity index (χ2n) is 8.19. The minimum absolute atomic E-state index is 0.139. The third-order valence-electron chi connectivity index (χ3n) is 5.82. The Morgan fingerprint density at radius 1 is 1.06 bits per heavy atom. The van der Waals surface area contributed by atoms with Crippen molar-refractivity contribution in [2.24, 2.45) is 0 Å². The van der Waals surface area contributed by atoms with Gasteiger partial charge in [-0.2, -0.15) is 0 Å². The smallest absolute Gasteiger partial charge is 0.263 e. The predicted octanol–water partition coefficient (Wildman–Crippen LogP) is 3.68. The number of benzene rings is 3. The molecule has 0 aliphatic carbocycles. The van der Waals surface area contributed by atoms with Gasteiger partial charge in [0.2, 0.25) is 10.0 Å². The Labute approximate surface area is 205 Å². The largest absolute Gasteiger partial charge is 0.497 e. The molecule has 0 unspecified atom stereocenters. The average Bonchev–Trinajstić information content (AvgIpc) is 2.87. The number of fused-ring (bicyclic) bond motifs is 1. The van der Waals surface area contributed by atoms with Crippen molar-refractivity contribution in [3.8, 4) is 17.2 Å². The molecule has 0 saturated carbocycles. The minimum Gasteiger partial charge on any atom is -0.497 e. The standard InChI is InChI=1S/C26H28N2O6S/c1-18(21-15-20(32-2)13-14-23(21)33-3)27-26(29)25-16-28(22-11-7-8-12-24(22)34-25)35(30,31)17-19-9-5-4-6-10-19/h4-15,18,25H,16-17H2,1-3H3,(H,27,29)/t18-,25-/m0/s1. The second kappa shape index (κ2) is 10.3. The Hall–Kier alpha value is -3.72. The van der Waals surface area contributed by atoms with E-state index in [4.69, 9.17) is 14.2 Å². The average molecular weight is 497 g/mol. The molecule has 0 spiro atoms. The van der Waals surface area contributed by atoms with Crippen LogP contribution in [0.3, 0.4) is 0 Å². The van der Waals surface area contributed by atoms with Crippen LogP contribution in [-0.2, 0) is 20.6 Å². The molecule has 3 aromatic rings. The summed E-state index contributed by atoms with van der Waals surface area (Å²) in [5.74, 6) is 0.941. The maximum atomic E-state index is 13.4. The van der Waals surface area contributed by atoms with Crippen LogP contribution in [0.25, 0.3) is 0 Å². The zero-order valence-corrected chi connectivity index (χ0v) is 20.6. The normalized spacial score (nSPS) is 16.0. The summed E-state index contributed by atoms with van der Waals surface area (Å²) in [6.45, 7) is 1.68. The van der Waals surface area contributed by atoms with Crippen LogP contribution in [0.4, 0.5) is 5.69 Å². The molecular weight excluding hydrogens is 468 g/mol. The van der Waals surface area contributed by atoms with Gasteiger partial charge in [-0.25, -0.2) is 8.42 Å². The van der Waals surface area contributed by atoms with Crippen molar-refractivity contribution in [1.29, 1.82) is 0 Å². The first kappa shape index (κ1) is 24.4. The summed E-state index contributed by atoms with van der Waals surface area (Å²) >= 11 is 0. The van der Waals surface area contributed by atoms with E-state index in [0.29, 0.717) is 28.5 Å². The minimum atomic E-state index is -3.78. The van der Waals surface area contributed by atoms with Crippen molar-refractivity contribution in [1.82, 2.24) is 5.32 Å². The first-order valence-electron chi connectivity index (χ1n) is 11.1. The van der Waals surface area contributed by atoms with Crippen LogP contribution in [0.2, 0.25) is 0 Å². The summed E-state index contributed by atoms with van der Waals surface area (Å²) in [5.41, 5.74) is 1.80. The first-order valence-corrected chi connectivity index (χ1v) is 12.8. The molecule has 1 N–H and O–H groups in total. The van der Waals surface area contributed by atoms with E-state index in [9.17, 15) is 13.2 Å². The Kier molecular flexibility index (Phi) is 7.16. The SMILES string of the molecule is COc1ccc(OC)c([C@H](C)NC(=O)[C@@H]2CN(S(=O)(=O)Cc3ccccc3)c3ccccc3O2)c1. The van der Waals surface area contributed by atoms with Crippen molar-refractivity contribution in [2.75, 3.05) is 25.1 Å². The summed E-state index contributed by atoms with van der Waals surface area (Å²) in [6, 6.07) is 20.6. The van der Waals surface area contributed by atoms with Crippen molar-refractivity contribution in [2.45, 2.75) is 24.8 Å². The van der Waals surface area contributed by atoms with Crippen molar-refractivity contribution in [3.05, 3.63) is 83.9 Å². The quantitative estimate of drug-likeness (QED) is 0.511. The van der Waals surface area contributed by atoms with Crippen LogP contribution in [0.1, 0.15) is 24.1 Å². The van der Waals surface area contributed by atoms with Crippen molar-refractivity contribution in [3.63, 3.8) is 0 Å². The Balaban J connectivity index is 1.58. The molecule has 184 valence electrons. The fourth-order valence-corrected chi connectivity index (χ4v) is 5.61. The number of ether oxygens (including phenoxy) is 3. The Bertz CT molecular complexity index is 1300. The highest BCUT2D eigenvalue weighted by atomic mass is 32.2. The molecule has 1 aliphatic heterocycles. The number of nitrogens with zero attached hydrogens (tertiary/aromatic N) is 1. The molecule has 0 saturated heterocycles. The van der Waals surface area contributed by atoms with E-state index >= 15 is 0 Å². The van der Waals surface area contributed by atoms with Crippen LogP contribution in [0.5, 0.6) is 17.2 Å². The van der Waals surface area contributed by atoms with E-state index in [1.54, 1.807) is 80.9 Å². The number of hydrogen-bond donors (Lipinski definition) is 1. The van der Waals surface area contributed by atoms with Crippen molar-refractivity contribution >= 4 is 21.6 Å². The van der Waals surface area contributed by atoms with Gasteiger partial charge in [-0.05, 0) is 42.8 Å². The number of methoxy groups -OCH3 is 2. The molecule has 2 atom stereocenters. The Morgan fingerprint density at radius 2 is 1.77 bits per heavy atom. The molecule has 4 rings (SSSR count). The summed E-state index contributed by atoms with van der Waals surface area (Å²) in [4.78, 5) is 13.2. The maximum absolute atomic E-state index is 13.4. The number of nitrogens with one attached hydrogen (secondary N) is 1. The third kappa shape index (κ3) is 5.35. The number of amides is 1. The van der Waals surface area contributed by atoms with Gasteiger partial charge in [-0.15, -0.1) is 0 Å². The number of anilines is 1. The Morgan fingerprint density at radius 3 is 2.49 bits per heavy atom. The van der Waals surface area contributed by atoms with Gasteiger partial charge >= 0.3 is 0 Å². The van der Waals surface area contributed by atoms with Gasteiger partial charge in [0, 0.05) is 5.56 Å². The fourth-order valence-electron chi connectivity index (χ4n) is 4.03. The van der Waals surface area contributed by atoms with Gasteiger partial charge < -0.3 is 19.5 Å². The molecule has 9 heteroatoms. The van der Waals surface area contributed by atoms with Gasteiger partial charge in [0.1, 0.15) is 17.2 Å². The maximum Gasteiger partial charge on any atom is 0.263 e. The summed E-state index contributed by atoms with van der Waals surface area (Å²) in [5, 5.41) is 2.92. The highest BCUT2D eigenvalue weighted by molar-refractivity contribution is 7.92. The number of rotatable bonds is 8. The van der Waals surface area contributed by atoms with E-state index in [-0.39, 0.29) is 12.3 Å². The van der Waals surface area contributed by atoms with Gasteiger partial charge in [0.15, 0.2) is 6.10 Å². The lowest BCUT2D eigenvalue weighted by Crippen LogP contribution is -2.51. The van der Waals surface area contributed by atoms with Crippen LogP contribution >= 0.6 is 0 Å². The van der Waals surface area contributed by atoms with E-state index in [1.165, 1.54) is 4.31 Å². The molecule has 3 aromatic carbocycles. The van der Waals surface area contributed by atoms with Crippen LogP contribution in [0.15, 0.2) is 72.8 Å². The van der Waals surface area contributed by atoms with Gasteiger partial charge in [-0.1, -0.05) is 42.5 Å². The number of sulfonamides is 1. The van der Waals surface area contributed by atoms with E-state index in [1.807, 2.05) is 13.0 Å². The predicted molar refractivity (Wildman–Crippen MR) is 133 cm³/mol. The highest BCUT2D eigenvalue weighted by Crippen LogP contribution is 2.36. The zero-order chi connectivity index (χ0) is 25.0. The third-order valence-corrected chi connectivity index (χ3v) is 7.53. The fraction of sp³-hybridized carbons (Fsp3) is 0.269. The molecule has 8 nitrogen and oxygen atoms in total. The first-order chi connectivity index (χ1) is 16.8. The molecule has 1 heterocycles. The van der Waals surface area contributed by atoms with Crippen LogP contribution < -0.4 is 23.8 Å². The number of carbonyl (C=O) groups excluding carboxylic acids is 1. The van der Waals surface area contributed by atoms with Gasteiger partial charge in [0.25, 0.3) is 5.91 Å². The second-order valence-corrected chi connectivity index (χ2v) is 10.1. The van der Waals surface area contributed by atoms with Gasteiger partial charge in [0.05, 0.1) is 38.2 Å². The summed E-state index contributed by atoms with van der Waals surface area (Å²) in [6.07, 6.45) is -1.03. The van der Waals surface area contributed by atoms with Crippen LogP contribution in [0, 0.1) is 0 Å². The lowest BCUT2D eigenvalue weighted by molar-refractivity contribution is -0.128. The molecule has 1 aliphatic rings. The summed E-state index contributed by atoms with van der Waals surface area (Å²) < 4.78 is 44.7. The van der Waals surface area contributed by atoms with Crippen LogP contribution in [-0.4, -0.2) is 41.2 Å². The molecule has 0 fully saturated rings. The lowest BCUT2D eigenvalue weighted by Gasteiger charge is -2.35. The highest BCUT2D eigenvalue weighted by Gasteiger charge is 2.37. The van der Waals surface area contributed by atoms with Gasteiger partial charge in [-0.3, -0.25) is 9.10 Å². The molecule has 0 bridgehead atoms. The molecular formula is C26H28N2O6S. The lowest BCUT2D eigenvalue weighted by atomic mass is 10.1. The van der Waals surface area contributed by atoms with E-state index in [0.717, 1.165) is 5.56 Å². The van der Waals surface area contributed by atoms with Crippen molar-refractivity contribution < 1.29 is 27.4 Å². The van der Waals surface area contributed by atoms with E-state index < -0.39 is 28.1 Å². The molecule has 0 radical (unpaired) electrons. The summed E-state index contributed by atoms with van der Waals surface area (Å²) in [7, 11) is -0.666. The molecule has 35 heavy (non-hydrogen) atoms. The number of carbonyl (C=O) groups is 1. The van der Waals surface area contributed by atoms with E-state index in [2.05, 4.69) is 5.32 Å².